The van der Waals surface area contributed by atoms with Gasteiger partial charge in [-0.1, -0.05) is 0 Å². The molecule has 0 unspecified atom stereocenters. The molecule has 0 nitrogen and oxygen atoms in total. The molecule has 42 heavy (non-hydrogen) atoms. The maximum absolute atomic E-state index is 2.64. The predicted molar refractivity (Wildman–Crippen MR) is 173 cm³/mol. The molecule has 222 valence electrons. The summed E-state index contributed by atoms with van der Waals surface area (Å²) in [6.45, 7) is 26.1. The van der Waals surface area contributed by atoms with Gasteiger partial charge in [-0.25, -0.2) is 0 Å². The quantitative estimate of drug-likeness (QED) is 0.335. The Balaban J connectivity index is 0.00000242. The molecule has 0 spiro atoms. The zero-order chi connectivity index (χ0) is 29.2. The number of hydrogen-bond donors (Lipinski definition) is 0. The second kappa shape index (κ2) is 12.5. The van der Waals surface area contributed by atoms with Gasteiger partial charge in [0, 0.05) is 0 Å². The van der Waals surface area contributed by atoms with E-state index in [1.54, 1.807) is 17.7 Å². The van der Waals surface area contributed by atoms with Crippen LogP contribution in [0.2, 0.25) is 0 Å². The van der Waals surface area contributed by atoms with E-state index in [-0.39, 0.29) is 41.1 Å². The monoisotopic (exact) mass is 766 g/mol. The maximum Gasteiger partial charge on any atom is -1.00 e. The van der Waals surface area contributed by atoms with Gasteiger partial charge in [0.2, 0.25) is 0 Å². The number of halogens is 2. The minimum Gasteiger partial charge on any atom is -1.00 e. The van der Waals surface area contributed by atoms with Crippen molar-refractivity contribution < 1.29 is 45.8 Å². The fourth-order valence-corrected chi connectivity index (χ4v) is 19.1. The molecule has 0 amide bonds. The van der Waals surface area contributed by atoms with Gasteiger partial charge in [-0.05, 0) is 0 Å². The molecule has 3 aromatic rings. The van der Waals surface area contributed by atoms with E-state index < -0.39 is 21.0 Å². The van der Waals surface area contributed by atoms with Gasteiger partial charge in [-0.2, -0.15) is 0 Å². The molecule has 3 aromatic carbocycles. The summed E-state index contributed by atoms with van der Waals surface area (Å²) in [5.74, 6) is 0. The zero-order valence-corrected chi connectivity index (χ0v) is 32.6. The Bertz CT molecular complexity index is 1510. The molecule has 3 heteroatoms. The topological polar surface area (TPSA) is 0 Å². The third kappa shape index (κ3) is 6.45. The Morgan fingerprint density at radius 3 is 1.60 bits per heavy atom. The molecule has 5 rings (SSSR count). The predicted octanol–water partition coefficient (Wildman–Crippen LogP) is 4.86. The molecule has 0 fully saturated rings. The maximum atomic E-state index is 2.59. The van der Waals surface area contributed by atoms with Crippen LogP contribution >= 0.6 is 0 Å². The van der Waals surface area contributed by atoms with Crippen LogP contribution < -0.4 is 24.8 Å². The summed E-state index contributed by atoms with van der Waals surface area (Å²) in [7, 11) is 0. The number of rotatable bonds is 3. The summed E-state index contributed by atoms with van der Waals surface area (Å²) in [5.41, 5.74) is 13.9. The van der Waals surface area contributed by atoms with E-state index in [0.717, 1.165) is 6.42 Å². The third-order valence-corrected chi connectivity index (χ3v) is 21.1. The van der Waals surface area contributed by atoms with Crippen LogP contribution in [0.4, 0.5) is 0 Å². The van der Waals surface area contributed by atoms with Crippen LogP contribution in [0.25, 0.3) is 16.7 Å². The first-order valence-corrected chi connectivity index (χ1v) is 20.7. The van der Waals surface area contributed by atoms with Crippen molar-refractivity contribution in [2.75, 3.05) is 0 Å². The summed E-state index contributed by atoms with van der Waals surface area (Å²) in [6.07, 6.45) is 6.02. The van der Waals surface area contributed by atoms with Crippen molar-refractivity contribution in [2.45, 2.75) is 103 Å². The van der Waals surface area contributed by atoms with Crippen molar-refractivity contribution in [3.8, 4) is 11.1 Å². The zero-order valence-electron chi connectivity index (χ0n) is 27.5. The van der Waals surface area contributed by atoms with E-state index in [2.05, 4.69) is 149 Å². The smallest absolute Gasteiger partial charge is 1.00 e. The molecule has 0 N–H and O–H groups in total. The van der Waals surface area contributed by atoms with Gasteiger partial charge in [0.05, 0.1) is 0 Å². The van der Waals surface area contributed by atoms with Gasteiger partial charge in [0.15, 0.2) is 0 Å². The van der Waals surface area contributed by atoms with E-state index in [1.807, 2.05) is 0 Å². The van der Waals surface area contributed by atoms with Crippen LogP contribution in [0.1, 0.15) is 120 Å². The molecule has 2 aliphatic rings. The largest absolute Gasteiger partial charge is 1.00 e. The van der Waals surface area contributed by atoms with Crippen molar-refractivity contribution in [3.63, 3.8) is 0 Å². The molecule has 0 aromatic heterocycles. The second-order valence-electron chi connectivity index (χ2n) is 15.2. The molecule has 0 saturated carbocycles. The molecular weight excluding hydrogens is 718 g/mol. The minimum atomic E-state index is -2.64. The average molecular weight is 766 g/mol. The van der Waals surface area contributed by atoms with E-state index in [4.69, 9.17) is 0 Å². The summed E-state index contributed by atoms with van der Waals surface area (Å²) in [4.78, 5) is 0. The fraction of sp³-hybridized carbons (Fsp3) is 0.410. The second-order valence-corrected chi connectivity index (χ2v) is 26.1. The van der Waals surface area contributed by atoms with Crippen molar-refractivity contribution in [3.05, 3.63) is 110 Å². The van der Waals surface area contributed by atoms with Crippen LogP contribution in [0.3, 0.4) is 0 Å². The summed E-state index contributed by atoms with van der Waals surface area (Å²) < 4.78 is 4.02. The molecule has 0 aliphatic heterocycles. The van der Waals surface area contributed by atoms with Gasteiger partial charge < -0.3 is 24.8 Å². The van der Waals surface area contributed by atoms with Gasteiger partial charge in [-0.15, -0.1) is 0 Å². The Morgan fingerprint density at radius 1 is 0.643 bits per heavy atom. The van der Waals surface area contributed by atoms with Crippen molar-refractivity contribution in [2.24, 2.45) is 0 Å². The normalized spacial score (nSPS) is 14.5. The minimum absolute atomic E-state index is 0. The Morgan fingerprint density at radius 2 is 1.14 bits per heavy atom. The first kappa shape index (κ1) is 34.9. The van der Waals surface area contributed by atoms with E-state index in [1.165, 1.54) is 39.0 Å². The van der Waals surface area contributed by atoms with Crippen molar-refractivity contribution >= 4 is 8.83 Å². The summed E-state index contributed by atoms with van der Waals surface area (Å²) >= 11 is -2.64. The summed E-state index contributed by atoms with van der Waals surface area (Å²) in [5, 5.41) is 0. The van der Waals surface area contributed by atoms with Crippen LogP contribution in [-0.4, -0.2) is 3.26 Å². The molecular formula is C39H48Cl2Hf. The molecule has 0 bridgehead atoms. The first-order chi connectivity index (χ1) is 18.6. The van der Waals surface area contributed by atoms with Gasteiger partial charge in [0.1, 0.15) is 0 Å². The Labute approximate surface area is 275 Å². The van der Waals surface area contributed by atoms with Crippen LogP contribution in [0.5, 0.6) is 0 Å². The average Bonchev–Trinajstić information content (AvgIpc) is 3.45. The van der Waals surface area contributed by atoms with E-state index in [9.17, 15) is 0 Å². The number of hydrogen-bond acceptors (Lipinski definition) is 0. The SMILES string of the molecule is C[C](C)=[Hf+2]([C]1=C(c2ccccc2C(C)(C)C)C=CC1)[CH]1c2cc(C(C)(C)C)ccc2-c2ccc(C(C)(C)C)cc21.[Cl-].[Cl-]. The van der Waals surface area contributed by atoms with Gasteiger partial charge in [0.25, 0.3) is 0 Å². The third-order valence-electron chi connectivity index (χ3n) is 8.86. The molecule has 0 atom stereocenters. The fourth-order valence-electron chi connectivity index (χ4n) is 6.65. The molecule has 0 radical (unpaired) electrons. The molecule has 0 heterocycles. The van der Waals surface area contributed by atoms with Crippen LogP contribution in [0.15, 0.2) is 76.1 Å². The number of benzene rings is 3. The van der Waals surface area contributed by atoms with Crippen LogP contribution in [-0.2, 0) is 37.2 Å². The number of allylic oxidation sites excluding steroid dienone is 4. The van der Waals surface area contributed by atoms with E-state index >= 15 is 0 Å². The standard InChI is InChI=1S/C21H25.C15H17.C3H6.2ClH.Hf/c1-20(2,3)16-7-9-18-14(12-16)11-15-13-17(21(4,5)6)8-10-19(15)18;1-15(2,3)14-11-7-6-10-13(14)12-8-4-5-9-12;1-3-2;;;/h7-13H,1-6H3;4,6-8,10-11H,5H2,1-3H3;1-2H3;2*1H;/q;;;;;+2/p-2. The Hall–Kier alpha value is -1.54. The number of fused-ring (bicyclic) bond motifs is 3. The van der Waals surface area contributed by atoms with E-state index in [0.29, 0.717) is 3.67 Å². The van der Waals surface area contributed by atoms with Crippen molar-refractivity contribution in [1.82, 2.24) is 0 Å². The molecule has 0 saturated heterocycles. The van der Waals surface area contributed by atoms with Gasteiger partial charge in [-0.3, -0.25) is 0 Å². The van der Waals surface area contributed by atoms with Crippen LogP contribution in [0, 0.1) is 0 Å². The first-order valence-electron chi connectivity index (χ1n) is 15.1. The summed E-state index contributed by atoms with van der Waals surface area (Å²) in [6, 6.07) is 24.0. The van der Waals surface area contributed by atoms with Gasteiger partial charge >= 0.3 is 253 Å². The van der Waals surface area contributed by atoms with Crippen molar-refractivity contribution in [1.29, 1.82) is 0 Å². The Kier molecular flexibility index (Phi) is 10.4. The molecule has 2 aliphatic carbocycles.